The van der Waals surface area contributed by atoms with Crippen molar-refractivity contribution in [3.63, 3.8) is 0 Å². The number of aldehydes is 1. The van der Waals surface area contributed by atoms with E-state index in [0.717, 1.165) is 15.1 Å². The Morgan fingerprint density at radius 2 is 1.85 bits per heavy atom. The summed E-state index contributed by atoms with van der Waals surface area (Å²) in [4.78, 5) is 48.1. The van der Waals surface area contributed by atoms with Crippen LogP contribution in [-0.2, 0) is 12.5 Å². The van der Waals surface area contributed by atoms with Gasteiger partial charge in [0.05, 0.1) is 17.1 Å². The van der Waals surface area contributed by atoms with Gasteiger partial charge in [0, 0.05) is 41.5 Å². The Hall–Kier alpha value is -4.51. The molecule has 4 aromatic heterocycles. The van der Waals surface area contributed by atoms with Gasteiger partial charge >= 0.3 is 0 Å². The monoisotopic (exact) mass is 544 g/mol. The van der Waals surface area contributed by atoms with Crippen LogP contribution in [0.5, 0.6) is 0 Å². The molecule has 198 valence electrons. The van der Waals surface area contributed by atoms with Crippen LogP contribution in [0.3, 0.4) is 0 Å². The lowest BCUT2D eigenvalue weighted by Gasteiger charge is -2.20. The van der Waals surface area contributed by atoms with Gasteiger partial charge in [0.15, 0.2) is 17.2 Å². The lowest BCUT2D eigenvalue weighted by molar-refractivity contribution is 0.112. The minimum Gasteiger partial charge on any atom is -0.327 e. The molecule has 0 aliphatic carbocycles. The Labute approximate surface area is 226 Å². The molecule has 0 aliphatic heterocycles. The first-order valence-electron chi connectivity index (χ1n) is 12.0. The molecular formula is C28H25FN6O3S. The molecule has 0 bridgehead atoms. The summed E-state index contributed by atoms with van der Waals surface area (Å²) in [6.45, 7) is 7.76. The van der Waals surface area contributed by atoms with Gasteiger partial charge in [-0.25, -0.2) is 14.4 Å². The van der Waals surface area contributed by atoms with E-state index in [0.29, 0.717) is 27.9 Å². The van der Waals surface area contributed by atoms with E-state index < -0.39 is 11.4 Å². The number of hydrogen-bond donors (Lipinski definition) is 1. The summed E-state index contributed by atoms with van der Waals surface area (Å²) in [6.07, 6.45) is 6.66. The maximum Gasteiger partial charge on any atom is 0.283 e. The largest absolute Gasteiger partial charge is 0.327 e. The summed E-state index contributed by atoms with van der Waals surface area (Å²) in [5.41, 5.74) is 0.644. The van der Waals surface area contributed by atoms with Crippen molar-refractivity contribution in [1.29, 1.82) is 0 Å². The van der Waals surface area contributed by atoms with Crippen molar-refractivity contribution < 1.29 is 9.18 Å². The Morgan fingerprint density at radius 1 is 1.08 bits per heavy atom. The molecule has 0 saturated carbocycles. The number of aryl methyl sites for hydroxylation is 2. The van der Waals surface area contributed by atoms with Crippen molar-refractivity contribution >= 4 is 39.2 Å². The molecular weight excluding hydrogens is 519 g/mol. The van der Waals surface area contributed by atoms with Crippen molar-refractivity contribution in [2.75, 3.05) is 5.32 Å². The third-order valence-corrected chi connectivity index (χ3v) is 7.18. The van der Waals surface area contributed by atoms with Gasteiger partial charge in [0.25, 0.3) is 11.1 Å². The molecule has 0 atom stereocenters. The number of nitrogens with one attached hydrogen (secondary N) is 1. The van der Waals surface area contributed by atoms with Crippen LogP contribution in [0, 0.1) is 12.7 Å². The third-order valence-electron chi connectivity index (χ3n) is 6.35. The van der Waals surface area contributed by atoms with Gasteiger partial charge in [-0.1, -0.05) is 20.8 Å². The summed E-state index contributed by atoms with van der Waals surface area (Å²) in [5, 5.41) is 8.04. The number of rotatable bonds is 5. The summed E-state index contributed by atoms with van der Waals surface area (Å²) in [6, 6.07) is 6.30. The molecule has 0 spiro atoms. The van der Waals surface area contributed by atoms with Crippen molar-refractivity contribution in [1.82, 2.24) is 24.3 Å². The second kappa shape index (κ2) is 9.66. The van der Waals surface area contributed by atoms with Gasteiger partial charge in [-0.3, -0.25) is 14.4 Å². The molecule has 1 aromatic carbocycles. The molecule has 39 heavy (non-hydrogen) atoms. The minimum absolute atomic E-state index is 0.0485. The minimum atomic E-state index is -0.736. The highest BCUT2D eigenvalue weighted by Crippen LogP contribution is 2.29. The van der Waals surface area contributed by atoms with Crippen LogP contribution < -0.4 is 16.4 Å². The summed E-state index contributed by atoms with van der Waals surface area (Å²) in [7, 11) is 1.59. The number of carbonyl (C=O) groups excluding carboxylic acids is 1. The molecule has 9 nitrogen and oxygen atoms in total. The standard InChI is InChI=1S/C28H25FN6O3S/c1-15-11-31-27(39-15)33-22-9-17(13-34(5)25(22)37)19-6-7-30-24(20(19)14-36)35-26(38)23-16(12-32-35)8-18(10-21(23)29)28(2,3)4/h6-14H,1-5H3,(H,31,33). The molecule has 4 heterocycles. The van der Waals surface area contributed by atoms with Gasteiger partial charge in [0.1, 0.15) is 11.5 Å². The summed E-state index contributed by atoms with van der Waals surface area (Å²) >= 11 is 1.40. The molecule has 0 saturated heterocycles. The zero-order valence-electron chi connectivity index (χ0n) is 21.9. The van der Waals surface area contributed by atoms with Crippen molar-refractivity contribution in [2.45, 2.75) is 33.1 Å². The number of halogens is 1. The van der Waals surface area contributed by atoms with E-state index in [9.17, 15) is 14.4 Å². The van der Waals surface area contributed by atoms with Gasteiger partial charge in [0.2, 0.25) is 0 Å². The van der Waals surface area contributed by atoms with Crippen LogP contribution in [0.2, 0.25) is 0 Å². The average Bonchev–Trinajstić information content (AvgIpc) is 3.30. The first kappa shape index (κ1) is 26.1. The van der Waals surface area contributed by atoms with Crippen LogP contribution in [-0.4, -0.2) is 30.6 Å². The zero-order chi connectivity index (χ0) is 28.1. The maximum atomic E-state index is 15.2. The SMILES string of the molecule is Cc1cnc(Nc2cc(-c3ccnc(-n4ncc5cc(C(C)(C)C)cc(F)c5c4=O)c3C=O)cn(C)c2=O)s1. The molecule has 0 radical (unpaired) electrons. The normalized spacial score (nSPS) is 11.6. The number of thiazole rings is 1. The Kier molecular flexibility index (Phi) is 6.47. The lowest BCUT2D eigenvalue weighted by atomic mass is 9.86. The predicted molar refractivity (Wildman–Crippen MR) is 150 cm³/mol. The fourth-order valence-corrected chi connectivity index (χ4v) is 4.97. The molecule has 1 N–H and O–H groups in total. The highest BCUT2D eigenvalue weighted by atomic mass is 32.1. The first-order chi connectivity index (χ1) is 18.5. The first-order valence-corrected chi connectivity index (χ1v) is 12.9. The number of fused-ring (bicyclic) bond motifs is 1. The van der Waals surface area contributed by atoms with Crippen molar-refractivity contribution in [3.8, 4) is 16.9 Å². The fraction of sp³-hybridized carbons (Fsp3) is 0.214. The number of anilines is 2. The van der Waals surface area contributed by atoms with E-state index in [1.54, 1.807) is 37.6 Å². The van der Waals surface area contributed by atoms with E-state index in [-0.39, 0.29) is 33.4 Å². The van der Waals surface area contributed by atoms with Gasteiger partial charge < -0.3 is 9.88 Å². The predicted octanol–water partition coefficient (Wildman–Crippen LogP) is 4.90. The van der Waals surface area contributed by atoms with Gasteiger partial charge in [-0.15, -0.1) is 11.3 Å². The number of nitrogens with zero attached hydrogens (tertiary/aromatic N) is 5. The molecule has 5 rings (SSSR count). The Bertz CT molecular complexity index is 1880. The van der Waals surface area contributed by atoms with Crippen LogP contribution in [0.4, 0.5) is 15.2 Å². The van der Waals surface area contributed by atoms with Crippen molar-refractivity contribution in [3.05, 3.63) is 91.6 Å². The quantitative estimate of drug-likeness (QED) is 0.313. The second-order valence-corrected chi connectivity index (χ2v) is 11.4. The molecule has 0 amide bonds. The second-order valence-electron chi connectivity index (χ2n) is 10.2. The van der Waals surface area contributed by atoms with Crippen LogP contribution in [0.1, 0.15) is 41.6 Å². The molecule has 5 aromatic rings. The number of benzene rings is 1. The number of pyridine rings is 2. The highest BCUT2D eigenvalue weighted by Gasteiger charge is 2.21. The van der Waals surface area contributed by atoms with E-state index in [2.05, 4.69) is 20.4 Å². The lowest BCUT2D eigenvalue weighted by Crippen LogP contribution is -2.25. The fourth-order valence-electron chi connectivity index (χ4n) is 4.29. The molecule has 0 aliphatic rings. The third kappa shape index (κ3) is 4.76. The Balaban J connectivity index is 1.67. The van der Waals surface area contributed by atoms with Crippen LogP contribution in [0.15, 0.2) is 58.6 Å². The van der Waals surface area contributed by atoms with E-state index in [1.807, 2.05) is 27.7 Å². The van der Waals surface area contributed by atoms with Crippen LogP contribution >= 0.6 is 11.3 Å². The molecule has 0 fully saturated rings. The van der Waals surface area contributed by atoms with Gasteiger partial charge in [-0.05, 0) is 47.7 Å². The van der Waals surface area contributed by atoms with Gasteiger partial charge in [-0.2, -0.15) is 9.78 Å². The summed E-state index contributed by atoms with van der Waals surface area (Å²) < 4.78 is 17.5. The maximum absolute atomic E-state index is 15.2. The van der Waals surface area contributed by atoms with E-state index >= 15 is 4.39 Å². The topological polar surface area (TPSA) is 112 Å². The van der Waals surface area contributed by atoms with Crippen molar-refractivity contribution in [2.24, 2.45) is 7.05 Å². The highest BCUT2D eigenvalue weighted by molar-refractivity contribution is 7.15. The zero-order valence-corrected chi connectivity index (χ0v) is 22.8. The van der Waals surface area contributed by atoms with E-state index in [4.69, 9.17) is 0 Å². The average molecular weight is 545 g/mol. The molecule has 0 unspecified atom stereocenters. The number of hydrogen-bond acceptors (Lipinski definition) is 8. The van der Waals surface area contributed by atoms with Crippen LogP contribution in [0.25, 0.3) is 27.7 Å². The summed E-state index contributed by atoms with van der Waals surface area (Å²) in [5.74, 6) is -0.721. The smallest absolute Gasteiger partial charge is 0.283 e. The Morgan fingerprint density at radius 3 is 2.51 bits per heavy atom. The molecule has 11 heteroatoms. The number of aromatic nitrogens is 5. The van der Waals surface area contributed by atoms with E-state index in [1.165, 1.54) is 34.4 Å². The number of carbonyl (C=O) groups is 1.